The Bertz CT molecular complexity index is 544. The molecule has 0 radical (unpaired) electrons. The lowest BCUT2D eigenvalue weighted by Crippen LogP contribution is -2.40. The predicted octanol–water partition coefficient (Wildman–Crippen LogP) is 3.63. The topological polar surface area (TPSA) is 49.8 Å². The van der Waals surface area contributed by atoms with E-state index in [9.17, 15) is 9.90 Å². The lowest BCUT2D eigenvalue weighted by atomic mass is 9.92. The molecule has 1 saturated carbocycles. The highest BCUT2D eigenvalue weighted by atomic mass is 16.5. The van der Waals surface area contributed by atoms with E-state index in [1.807, 2.05) is 36.1 Å². The fourth-order valence-electron chi connectivity index (χ4n) is 3.85. The molecule has 1 amide bonds. The van der Waals surface area contributed by atoms with Crippen LogP contribution in [0.4, 0.5) is 0 Å². The van der Waals surface area contributed by atoms with E-state index in [0.29, 0.717) is 17.6 Å². The Morgan fingerprint density at radius 3 is 2.54 bits per heavy atom. The highest BCUT2D eigenvalue weighted by Crippen LogP contribution is 2.26. The lowest BCUT2D eigenvalue weighted by Gasteiger charge is -2.33. The molecule has 0 aromatic heterocycles. The van der Waals surface area contributed by atoms with Crippen LogP contribution < -0.4 is 4.74 Å². The highest BCUT2D eigenvalue weighted by Gasteiger charge is 2.26. The average molecular weight is 331 g/mol. The second-order valence-electron chi connectivity index (χ2n) is 7.28. The zero-order valence-electron chi connectivity index (χ0n) is 14.6. The smallest absolute Gasteiger partial charge is 0.253 e. The van der Waals surface area contributed by atoms with Gasteiger partial charge >= 0.3 is 0 Å². The first-order valence-electron chi connectivity index (χ1n) is 9.37. The van der Waals surface area contributed by atoms with Crippen LogP contribution in [0.25, 0.3) is 0 Å². The molecule has 2 fully saturated rings. The molecular formula is C20H29NO3. The van der Waals surface area contributed by atoms with Gasteiger partial charge < -0.3 is 14.7 Å². The van der Waals surface area contributed by atoms with Crippen molar-refractivity contribution in [3.8, 4) is 5.75 Å². The maximum absolute atomic E-state index is 12.7. The van der Waals surface area contributed by atoms with Crippen molar-refractivity contribution in [3.05, 3.63) is 29.8 Å². The number of benzene rings is 1. The lowest BCUT2D eigenvalue weighted by molar-refractivity contribution is 0.0521. The number of piperidine rings is 1. The third kappa shape index (κ3) is 4.29. The Hall–Kier alpha value is -1.55. The van der Waals surface area contributed by atoms with Crippen molar-refractivity contribution < 1.29 is 14.6 Å². The van der Waals surface area contributed by atoms with Crippen molar-refractivity contribution in [2.75, 3.05) is 13.1 Å². The van der Waals surface area contributed by atoms with Crippen LogP contribution in [0, 0.1) is 5.92 Å². The normalized spacial score (nSPS) is 21.5. The summed E-state index contributed by atoms with van der Waals surface area (Å²) in [5.74, 6) is 1.20. The molecular weight excluding hydrogens is 302 g/mol. The number of aliphatic hydroxyl groups excluding tert-OH is 1. The second kappa shape index (κ2) is 8.02. The van der Waals surface area contributed by atoms with Crippen LogP contribution in [-0.2, 0) is 0 Å². The van der Waals surface area contributed by atoms with Crippen LogP contribution in [0.15, 0.2) is 24.3 Å². The summed E-state index contributed by atoms with van der Waals surface area (Å²) >= 11 is 0. The van der Waals surface area contributed by atoms with E-state index in [-0.39, 0.29) is 12.0 Å². The number of carbonyl (C=O) groups excluding carboxylic acids is 1. The van der Waals surface area contributed by atoms with Crippen molar-refractivity contribution in [1.29, 1.82) is 0 Å². The van der Waals surface area contributed by atoms with E-state index in [2.05, 4.69) is 0 Å². The molecule has 0 spiro atoms. The number of nitrogens with zero attached hydrogens (tertiary/aromatic N) is 1. The van der Waals surface area contributed by atoms with E-state index in [4.69, 9.17) is 4.74 Å². The summed E-state index contributed by atoms with van der Waals surface area (Å²) in [5, 5.41) is 9.69. The largest absolute Gasteiger partial charge is 0.490 e. The monoisotopic (exact) mass is 331 g/mol. The van der Waals surface area contributed by atoms with Gasteiger partial charge in [-0.15, -0.1) is 0 Å². The van der Waals surface area contributed by atoms with Gasteiger partial charge in [-0.2, -0.15) is 0 Å². The maximum Gasteiger partial charge on any atom is 0.253 e. The van der Waals surface area contributed by atoms with Crippen LogP contribution in [0.2, 0.25) is 0 Å². The van der Waals surface area contributed by atoms with Gasteiger partial charge in [0, 0.05) is 18.7 Å². The quantitative estimate of drug-likeness (QED) is 0.916. The molecule has 0 bridgehead atoms. The van der Waals surface area contributed by atoms with Crippen LogP contribution in [0.3, 0.4) is 0 Å². The van der Waals surface area contributed by atoms with Gasteiger partial charge in [-0.1, -0.05) is 12.5 Å². The minimum absolute atomic E-state index is 0.0770. The van der Waals surface area contributed by atoms with Crippen LogP contribution >= 0.6 is 0 Å². The number of ether oxygens (including phenoxy) is 1. The standard InChI is InChI=1S/C20H29NO3/c1-15(22)16-10-12-21(13-11-16)20(23)17-6-5-9-19(14-17)24-18-7-3-2-4-8-18/h5-6,9,14-16,18,22H,2-4,7-8,10-13H2,1H3. The summed E-state index contributed by atoms with van der Waals surface area (Å²) in [6, 6.07) is 7.62. The van der Waals surface area contributed by atoms with Gasteiger partial charge in [-0.05, 0) is 69.6 Å². The Morgan fingerprint density at radius 1 is 1.17 bits per heavy atom. The first kappa shape index (κ1) is 17.3. The Balaban J connectivity index is 1.60. The number of hydrogen-bond donors (Lipinski definition) is 1. The second-order valence-corrected chi connectivity index (χ2v) is 7.28. The fraction of sp³-hybridized carbons (Fsp3) is 0.650. The van der Waals surface area contributed by atoms with Crippen LogP contribution in [0.1, 0.15) is 62.2 Å². The summed E-state index contributed by atoms with van der Waals surface area (Å²) in [6.45, 7) is 3.29. The SMILES string of the molecule is CC(O)C1CCN(C(=O)c2cccc(OC3CCCCC3)c2)CC1. The number of aliphatic hydroxyl groups is 1. The third-order valence-corrected chi connectivity index (χ3v) is 5.44. The van der Waals surface area contributed by atoms with Gasteiger partial charge in [0.25, 0.3) is 5.91 Å². The third-order valence-electron chi connectivity index (χ3n) is 5.44. The molecule has 4 nitrogen and oxygen atoms in total. The van der Waals surface area contributed by atoms with Crippen LogP contribution in [0.5, 0.6) is 5.75 Å². The van der Waals surface area contributed by atoms with Crippen molar-refractivity contribution in [1.82, 2.24) is 4.90 Å². The molecule has 1 aromatic rings. The molecule has 4 heteroatoms. The van der Waals surface area contributed by atoms with Crippen molar-refractivity contribution in [3.63, 3.8) is 0 Å². The molecule has 1 aromatic carbocycles. The van der Waals surface area contributed by atoms with Crippen LogP contribution in [-0.4, -0.2) is 41.2 Å². The Kier molecular flexibility index (Phi) is 5.77. The Labute approximate surface area is 144 Å². The van der Waals surface area contributed by atoms with Gasteiger partial charge in [-0.3, -0.25) is 4.79 Å². The first-order valence-corrected chi connectivity index (χ1v) is 9.37. The summed E-state index contributed by atoms with van der Waals surface area (Å²) in [5.41, 5.74) is 0.707. The van der Waals surface area contributed by atoms with E-state index < -0.39 is 0 Å². The van der Waals surface area contributed by atoms with Gasteiger partial charge in [0.1, 0.15) is 5.75 Å². The number of amides is 1. The predicted molar refractivity (Wildman–Crippen MR) is 94.3 cm³/mol. The molecule has 2 aliphatic rings. The number of carbonyl (C=O) groups is 1. The van der Waals surface area contributed by atoms with E-state index in [1.54, 1.807) is 0 Å². The van der Waals surface area contributed by atoms with Gasteiger partial charge in [0.05, 0.1) is 12.2 Å². The number of likely N-dealkylation sites (tertiary alicyclic amines) is 1. The van der Waals surface area contributed by atoms with Crippen molar-refractivity contribution in [2.45, 2.75) is 64.1 Å². The van der Waals surface area contributed by atoms with Gasteiger partial charge in [-0.25, -0.2) is 0 Å². The maximum atomic E-state index is 12.7. The molecule has 132 valence electrons. The zero-order chi connectivity index (χ0) is 16.9. The molecule has 1 heterocycles. The minimum Gasteiger partial charge on any atom is -0.490 e. The summed E-state index contributed by atoms with van der Waals surface area (Å²) in [6.07, 6.45) is 7.78. The van der Waals surface area contributed by atoms with E-state index in [1.165, 1.54) is 19.3 Å². The van der Waals surface area contributed by atoms with E-state index in [0.717, 1.165) is 44.5 Å². The molecule has 1 aliphatic carbocycles. The van der Waals surface area contributed by atoms with Gasteiger partial charge in [0.2, 0.25) is 0 Å². The number of rotatable bonds is 4. The molecule has 1 atom stereocenters. The molecule has 3 rings (SSSR count). The van der Waals surface area contributed by atoms with Crippen molar-refractivity contribution >= 4 is 5.91 Å². The zero-order valence-corrected chi connectivity index (χ0v) is 14.6. The summed E-state index contributed by atoms with van der Waals surface area (Å²) in [4.78, 5) is 14.6. The summed E-state index contributed by atoms with van der Waals surface area (Å²) in [7, 11) is 0. The highest BCUT2D eigenvalue weighted by molar-refractivity contribution is 5.94. The van der Waals surface area contributed by atoms with Crippen molar-refractivity contribution in [2.24, 2.45) is 5.92 Å². The fourth-order valence-corrected chi connectivity index (χ4v) is 3.85. The molecule has 1 aliphatic heterocycles. The minimum atomic E-state index is -0.283. The average Bonchev–Trinajstić information content (AvgIpc) is 2.62. The molecule has 1 unspecified atom stereocenters. The van der Waals surface area contributed by atoms with E-state index >= 15 is 0 Å². The summed E-state index contributed by atoms with van der Waals surface area (Å²) < 4.78 is 6.08. The Morgan fingerprint density at radius 2 is 1.88 bits per heavy atom. The number of hydrogen-bond acceptors (Lipinski definition) is 3. The molecule has 24 heavy (non-hydrogen) atoms. The molecule has 1 N–H and O–H groups in total. The first-order chi connectivity index (χ1) is 11.6. The molecule has 1 saturated heterocycles. The van der Waals surface area contributed by atoms with Gasteiger partial charge in [0.15, 0.2) is 0 Å².